The molecule has 0 fully saturated rings. The van der Waals surface area contributed by atoms with Gasteiger partial charge in [-0.3, -0.25) is 0 Å². The van der Waals surface area contributed by atoms with Crippen LogP contribution in [0, 0.1) is 6.92 Å². The Hall–Kier alpha value is -1.59. The largest absolute Gasteiger partial charge is 0.478 e. The average Bonchev–Trinajstić information content (AvgIpc) is 2.74. The van der Waals surface area contributed by atoms with Crippen LogP contribution < -0.4 is 4.90 Å². The van der Waals surface area contributed by atoms with E-state index in [1.54, 1.807) is 19.1 Å². The number of hydrogen-bond acceptors (Lipinski definition) is 4. The van der Waals surface area contributed by atoms with Gasteiger partial charge in [0.2, 0.25) is 0 Å². The number of thiophene rings is 1. The Morgan fingerprint density at radius 2 is 2.16 bits per heavy atom. The van der Waals surface area contributed by atoms with Gasteiger partial charge in [-0.15, -0.1) is 11.3 Å². The van der Waals surface area contributed by atoms with Crippen LogP contribution in [0.15, 0.2) is 24.3 Å². The molecule has 0 spiro atoms. The molecule has 0 saturated heterocycles. The minimum Gasteiger partial charge on any atom is -0.478 e. The van der Waals surface area contributed by atoms with Crippen LogP contribution in [0.1, 0.15) is 20.9 Å². The Balaban J connectivity index is 2.17. The summed E-state index contributed by atoms with van der Waals surface area (Å²) < 4.78 is 0.758. The number of aromatic carboxylic acids is 1. The lowest BCUT2D eigenvalue weighted by Gasteiger charge is -2.18. The second kappa shape index (κ2) is 5.59. The monoisotopic (exact) mass is 296 g/mol. The molecular formula is C13H13ClN2O2S. The number of aryl methyl sites for hydroxylation is 1. The van der Waals surface area contributed by atoms with Crippen molar-refractivity contribution in [3.8, 4) is 0 Å². The summed E-state index contributed by atoms with van der Waals surface area (Å²) in [5.41, 5.74) is 0.748. The summed E-state index contributed by atoms with van der Waals surface area (Å²) in [4.78, 5) is 18.3. The molecule has 0 aliphatic rings. The summed E-state index contributed by atoms with van der Waals surface area (Å²) in [5, 5.41) is 8.97. The van der Waals surface area contributed by atoms with Crippen molar-refractivity contribution in [2.45, 2.75) is 13.5 Å². The van der Waals surface area contributed by atoms with Crippen molar-refractivity contribution in [3.05, 3.63) is 44.7 Å². The SMILES string of the molecule is Cc1nc(N(C)Cc2ccc(Cl)s2)ccc1C(=O)O. The minimum absolute atomic E-state index is 0.233. The first-order valence-electron chi connectivity index (χ1n) is 5.63. The maximum absolute atomic E-state index is 10.9. The fourth-order valence-corrected chi connectivity index (χ4v) is 2.88. The second-order valence-corrected chi connectivity index (χ2v) is 5.97. The molecule has 0 atom stereocenters. The van der Waals surface area contributed by atoms with Crippen molar-refractivity contribution in [1.82, 2.24) is 4.98 Å². The first kappa shape index (κ1) is 13.8. The number of hydrogen-bond donors (Lipinski definition) is 1. The van der Waals surface area contributed by atoms with Gasteiger partial charge in [-0.1, -0.05) is 11.6 Å². The molecule has 2 rings (SSSR count). The zero-order valence-corrected chi connectivity index (χ0v) is 12.1. The van der Waals surface area contributed by atoms with E-state index in [0.717, 1.165) is 15.0 Å². The van der Waals surface area contributed by atoms with E-state index in [-0.39, 0.29) is 5.56 Å². The Morgan fingerprint density at radius 3 is 2.68 bits per heavy atom. The number of carboxylic acid groups (broad SMARTS) is 1. The highest BCUT2D eigenvalue weighted by Crippen LogP contribution is 2.24. The van der Waals surface area contributed by atoms with Crippen LogP contribution in [0.4, 0.5) is 5.82 Å². The molecule has 4 nitrogen and oxygen atoms in total. The zero-order chi connectivity index (χ0) is 14.0. The third-order valence-electron chi connectivity index (χ3n) is 2.71. The highest BCUT2D eigenvalue weighted by atomic mass is 35.5. The van der Waals surface area contributed by atoms with Crippen LogP contribution in [0.5, 0.6) is 0 Å². The zero-order valence-electron chi connectivity index (χ0n) is 10.6. The summed E-state index contributed by atoms with van der Waals surface area (Å²) >= 11 is 7.41. The summed E-state index contributed by atoms with van der Waals surface area (Å²) in [6.07, 6.45) is 0. The van der Waals surface area contributed by atoms with Gasteiger partial charge in [-0.25, -0.2) is 9.78 Å². The molecule has 0 aliphatic carbocycles. The number of carboxylic acids is 1. The Morgan fingerprint density at radius 1 is 1.42 bits per heavy atom. The Bertz CT molecular complexity index is 612. The molecule has 0 amide bonds. The van der Waals surface area contributed by atoms with Crippen LogP contribution >= 0.6 is 22.9 Å². The quantitative estimate of drug-likeness (QED) is 0.939. The molecule has 2 aromatic rings. The van der Waals surface area contributed by atoms with Crippen molar-refractivity contribution in [2.75, 3.05) is 11.9 Å². The number of pyridine rings is 1. The van der Waals surface area contributed by atoms with Crippen molar-refractivity contribution < 1.29 is 9.90 Å². The first-order chi connectivity index (χ1) is 8.97. The normalized spacial score (nSPS) is 10.5. The van der Waals surface area contributed by atoms with Crippen molar-refractivity contribution in [2.24, 2.45) is 0 Å². The number of halogens is 1. The van der Waals surface area contributed by atoms with Crippen LogP contribution in [0.3, 0.4) is 0 Å². The van der Waals surface area contributed by atoms with E-state index in [0.29, 0.717) is 12.2 Å². The lowest BCUT2D eigenvalue weighted by Crippen LogP contribution is -2.18. The summed E-state index contributed by atoms with van der Waals surface area (Å²) in [6, 6.07) is 7.13. The second-order valence-electron chi connectivity index (χ2n) is 4.17. The van der Waals surface area contributed by atoms with Gasteiger partial charge in [0.1, 0.15) is 5.82 Å². The molecule has 0 saturated carbocycles. The van der Waals surface area contributed by atoms with Crippen molar-refractivity contribution in [1.29, 1.82) is 0 Å². The molecule has 2 heterocycles. The van der Waals surface area contributed by atoms with Gasteiger partial charge in [0.05, 0.1) is 22.1 Å². The summed E-state index contributed by atoms with van der Waals surface area (Å²) in [5.74, 6) is -0.212. The summed E-state index contributed by atoms with van der Waals surface area (Å²) in [6.45, 7) is 2.39. The van der Waals surface area contributed by atoms with E-state index < -0.39 is 5.97 Å². The van der Waals surface area contributed by atoms with Gasteiger partial charge in [0.25, 0.3) is 0 Å². The predicted octanol–water partition coefficient (Wildman–Crippen LogP) is 3.44. The average molecular weight is 297 g/mol. The molecule has 100 valence electrons. The topological polar surface area (TPSA) is 53.4 Å². The molecule has 6 heteroatoms. The number of rotatable bonds is 4. The number of aromatic nitrogens is 1. The maximum Gasteiger partial charge on any atom is 0.337 e. The third-order valence-corrected chi connectivity index (χ3v) is 3.93. The third kappa shape index (κ3) is 3.24. The highest BCUT2D eigenvalue weighted by Gasteiger charge is 2.11. The van der Waals surface area contributed by atoms with E-state index in [4.69, 9.17) is 16.7 Å². The summed E-state index contributed by atoms with van der Waals surface area (Å²) in [7, 11) is 1.91. The lowest BCUT2D eigenvalue weighted by molar-refractivity contribution is 0.0695. The standard InChI is InChI=1S/C13H13ClN2O2S/c1-8-10(13(17)18)4-6-12(15-8)16(2)7-9-3-5-11(14)19-9/h3-6H,7H2,1-2H3,(H,17,18). The number of nitrogens with zero attached hydrogens (tertiary/aromatic N) is 2. The van der Waals surface area contributed by atoms with Crippen LogP contribution in [0.2, 0.25) is 4.34 Å². The number of anilines is 1. The Kier molecular flexibility index (Phi) is 4.07. The van der Waals surface area contributed by atoms with Crippen molar-refractivity contribution in [3.63, 3.8) is 0 Å². The molecular weight excluding hydrogens is 284 g/mol. The number of carbonyl (C=O) groups is 1. The van der Waals surface area contributed by atoms with Crippen LogP contribution in [-0.2, 0) is 6.54 Å². The molecule has 0 aliphatic heterocycles. The van der Waals surface area contributed by atoms with E-state index in [2.05, 4.69) is 4.98 Å². The Labute approximate surface area is 120 Å². The van der Waals surface area contributed by atoms with Gasteiger partial charge < -0.3 is 10.0 Å². The fourth-order valence-electron chi connectivity index (χ4n) is 1.74. The van der Waals surface area contributed by atoms with Gasteiger partial charge in [0.15, 0.2) is 0 Å². The van der Waals surface area contributed by atoms with Crippen LogP contribution in [-0.4, -0.2) is 23.1 Å². The molecule has 0 unspecified atom stereocenters. The smallest absolute Gasteiger partial charge is 0.337 e. The minimum atomic E-state index is -0.954. The van der Waals surface area contributed by atoms with E-state index in [1.165, 1.54) is 11.3 Å². The van der Waals surface area contributed by atoms with Crippen molar-refractivity contribution >= 4 is 34.7 Å². The first-order valence-corrected chi connectivity index (χ1v) is 6.83. The van der Waals surface area contributed by atoms with Gasteiger partial charge in [0, 0.05) is 11.9 Å². The predicted molar refractivity (Wildman–Crippen MR) is 77.4 cm³/mol. The maximum atomic E-state index is 10.9. The molecule has 0 bridgehead atoms. The molecule has 2 aromatic heterocycles. The van der Waals surface area contributed by atoms with Crippen LogP contribution in [0.25, 0.3) is 0 Å². The molecule has 0 aromatic carbocycles. The lowest BCUT2D eigenvalue weighted by atomic mass is 10.2. The van der Waals surface area contributed by atoms with E-state index in [9.17, 15) is 4.79 Å². The van der Waals surface area contributed by atoms with Gasteiger partial charge >= 0.3 is 5.97 Å². The molecule has 19 heavy (non-hydrogen) atoms. The van der Waals surface area contributed by atoms with E-state index >= 15 is 0 Å². The molecule has 1 N–H and O–H groups in total. The highest BCUT2D eigenvalue weighted by molar-refractivity contribution is 7.16. The van der Waals surface area contributed by atoms with E-state index in [1.807, 2.05) is 24.1 Å². The van der Waals surface area contributed by atoms with Gasteiger partial charge in [-0.05, 0) is 31.2 Å². The molecule has 0 radical (unpaired) electrons. The fraction of sp³-hybridized carbons (Fsp3) is 0.231. The van der Waals surface area contributed by atoms with Gasteiger partial charge in [-0.2, -0.15) is 0 Å².